The van der Waals surface area contributed by atoms with E-state index in [9.17, 15) is 9.59 Å². The summed E-state index contributed by atoms with van der Waals surface area (Å²) in [7, 11) is 0. The number of benzene rings is 2. The van der Waals surface area contributed by atoms with Crippen molar-refractivity contribution in [1.29, 1.82) is 0 Å². The van der Waals surface area contributed by atoms with Crippen LogP contribution in [0.25, 0.3) is 0 Å². The number of carbonyl (C=O) groups is 2. The van der Waals surface area contributed by atoms with Crippen molar-refractivity contribution in [3.05, 3.63) is 53.6 Å². The third-order valence-corrected chi connectivity index (χ3v) is 3.35. The molecule has 1 aliphatic rings. The van der Waals surface area contributed by atoms with E-state index in [4.69, 9.17) is 9.47 Å². The van der Waals surface area contributed by atoms with Crippen molar-refractivity contribution in [1.82, 2.24) is 0 Å². The van der Waals surface area contributed by atoms with Crippen LogP contribution in [0.15, 0.2) is 42.5 Å². The molecule has 3 rings (SSSR count). The zero-order chi connectivity index (χ0) is 15.5. The molecule has 2 aromatic carbocycles. The Kier molecular flexibility index (Phi) is 3.78. The normalized spacial score (nSPS) is 12.0. The van der Waals surface area contributed by atoms with Gasteiger partial charge in [-0.1, -0.05) is 18.2 Å². The number of ketones is 1. The first kappa shape index (κ1) is 14.1. The van der Waals surface area contributed by atoms with Gasteiger partial charge in [0.05, 0.1) is 6.42 Å². The summed E-state index contributed by atoms with van der Waals surface area (Å²) in [4.78, 5) is 23.4. The van der Waals surface area contributed by atoms with Crippen molar-refractivity contribution in [2.75, 3.05) is 12.1 Å². The van der Waals surface area contributed by atoms with E-state index in [-0.39, 0.29) is 24.9 Å². The van der Waals surface area contributed by atoms with E-state index in [0.29, 0.717) is 22.7 Å². The Morgan fingerprint density at radius 1 is 1.09 bits per heavy atom. The molecule has 1 N–H and O–H groups in total. The third kappa shape index (κ3) is 3.09. The topological polar surface area (TPSA) is 64.6 Å². The largest absolute Gasteiger partial charge is 0.454 e. The summed E-state index contributed by atoms with van der Waals surface area (Å²) in [5, 5.41) is 2.79. The number of carbonyl (C=O) groups excluding carboxylic acids is 2. The maximum absolute atomic E-state index is 12.1. The predicted octanol–water partition coefficient (Wildman–Crippen LogP) is 2.80. The van der Waals surface area contributed by atoms with Crippen LogP contribution in [0.4, 0.5) is 5.69 Å². The minimum absolute atomic E-state index is 0.0353. The highest BCUT2D eigenvalue weighted by atomic mass is 16.7. The van der Waals surface area contributed by atoms with E-state index < -0.39 is 0 Å². The van der Waals surface area contributed by atoms with Crippen LogP contribution < -0.4 is 14.8 Å². The number of anilines is 1. The molecular weight excluding hydrogens is 282 g/mol. The molecule has 112 valence electrons. The molecule has 0 aromatic heterocycles. The zero-order valence-electron chi connectivity index (χ0n) is 12.1. The number of fused-ring (bicyclic) bond motifs is 1. The van der Waals surface area contributed by atoms with Crippen molar-refractivity contribution >= 4 is 17.4 Å². The van der Waals surface area contributed by atoms with Gasteiger partial charge >= 0.3 is 0 Å². The van der Waals surface area contributed by atoms with Gasteiger partial charge in [0.2, 0.25) is 12.7 Å². The van der Waals surface area contributed by atoms with Crippen molar-refractivity contribution in [2.24, 2.45) is 0 Å². The highest BCUT2D eigenvalue weighted by Gasteiger charge is 2.14. The van der Waals surface area contributed by atoms with E-state index in [1.54, 1.807) is 36.4 Å². The van der Waals surface area contributed by atoms with Crippen molar-refractivity contribution in [2.45, 2.75) is 13.3 Å². The second kappa shape index (κ2) is 5.89. The number of ether oxygens (including phenoxy) is 2. The number of rotatable bonds is 4. The van der Waals surface area contributed by atoms with Crippen molar-refractivity contribution < 1.29 is 19.1 Å². The molecule has 0 bridgehead atoms. The van der Waals surface area contributed by atoms with E-state index in [1.807, 2.05) is 6.07 Å². The second-order valence-electron chi connectivity index (χ2n) is 5.05. The standard InChI is InChI=1S/C17H15NO4/c1-11(19)13-3-2-4-14(9-13)18-17(20)8-12-5-6-15-16(7-12)22-10-21-15/h2-7,9H,8,10H2,1H3,(H,18,20). The SMILES string of the molecule is CC(=O)c1cccc(NC(=O)Cc2ccc3c(c2)OCO3)c1. The molecule has 0 fully saturated rings. The molecule has 2 aromatic rings. The van der Waals surface area contributed by atoms with Crippen molar-refractivity contribution in [3.63, 3.8) is 0 Å². The fourth-order valence-corrected chi connectivity index (χ4v) is 2.26. The van der Waals surface area contributed by atoms with Crippen LogP contribution in [0, 0.1) is 0 Å². The summed E-state index contributed by atoms with van der Waals surface area (Å²) in [5.41, 5.74) is 2.02. The highest BCUT2D eigenvalue weighted by molar-refractivity contribution is 5.97. The van der Waals surface area contributed by atoms with Crippen LogP contribution >= 0.6 is 0 Å². The van der Waals surface area contributed by atoms with Gasteiger partial charge in [-0.05, 0) is 36.8 Å². The summed E-state index contributed by atoms with van der Waals surface area (Å²) < 4.78 is 10.5. The number of nitrogens with one attached hydrogen (secondary N) is 1. The molecule has 0 radical (unpaired) electrons. The Hall–Kier alpha value is -2.82. The Balaban J connectivity index is 1.67. The van der Waals surface area contributed by atoms with Gasteiger partial charge in [-0.3, -0.25) is 9.59 Å². The summed E-state index contributed by atoms with van der Waals surface area (Å²) in [6.45, 7) is 1.70. The molecule has 22 heavy (non-hydrogen) atoms. The fraction of sp³-hybridized carbons (Fsp3) is 0.176. The molecule has 0 atom stereocenters. The van der Waals surface area contributed by atoms with Crippen LogP contribution in [0.5, 0.6) is 11.5 Å². The monoisotopic (exact) mass is 297 g/mol. The van der Waals surface area contributed by atoms with Crippen LogP contribution in [0.2, 0.25) is 0 Å². The lowest BCUT2D eigenvalue weighted by Gasteiger charge is -2.07. The van der Waals surface area contributed by atoms with Gasteiger partial charge in [0, 0.05) is 11.3 Å². The Bertz CT molecular complexity index is 739. The maximum atomic E-state index is 12.1. The molecule has 0 saturated carbocycles. The smallest absolute Gasteiger partial charge is 0.231 e. The van der Waals surface area contributed by atoms with E-state index in [0.717, 1.165) is 5.56 Å². The summed E-state index contributed by atoms with van der Waals surface area (Å²) in [5.74, 6) is 1.16. The molecule has 0 spiro atoms. The van der Waals surface area contributed by atoms with E-state index in [2.05, 4.69) is 5.32 Å². The van der Waals surface area contributed by atoms with Crippen LogP contribution in [-0.4, -0.2) is 18.5 Å². The molecular formula is C17H15NO4. The van der Waals surface area contributed by atoms with E-state index in [1.165, 1.54) is 6.92 Å². The minimum atomic E-state index is -0.153. The quantitative estimate of drug-likeness (QED) is 0.881. The Morgan fingerprint density at radius 2 is 1.91 bits per heavy atom. The first-order chi connectivity index (χ1) is 10.6. The first-order valence-electron chi connectivity index (χ1n) is 6.91. The zero-order valence-corrected chi connectivity index (χ0v) is 12.1. The second-order valence-corrected chi connectivity index (χ2v) is 5.05. The van der Waals surface area contributed by atoms with Gasteiger partial charge in [-0.15, -0.1) is 0 Å². The molecule has 1 aliphatic heterocycles. The number of Topliss-reactive ketones (excluding diaryl/α,β-unsaturated/α-hetero) is 1. The molecule has 1 amide bonds. The number of hydrogen-bond donors (Lipinski definition) is 1. The van der Waals surface area contributed by atoms with Gasteiger partial charge < -0.3 is 14.8 Å². The lowest BCUT2D eigenvalue weighted by atomic mass is 10.1. The summed E-state index contributed by atoms with van der Waals surface area (Å²) >= 11 is 0. The third-order valence-electron chi connectivity index (χ3n) is 3.35. The number of hydrogen-bond acceptors (Lipinski definition) is 4. The van der Waals surface area contributed by atoms with E-state index >= 15 is 0 Å². The minimum Gasteiger partial charge on any atom is -0.454 e. The average Bonchev–Trinajstić information content (AvgIpc) is 2.95. The Labute approximate surface area is 127 Å². The van der Waals surface area contributed by atoms with Gasteiger partial charge in [0.15, 0.2) is 17.3 Å². The summed E-state index contributed by atoms with van der Waals surface area (Å²) in [6.07, 6.45) is 0.223. The fourth-order valence-electron chi connectivity index (χ4n) is 2.26. The maximum Gasteiger partial charge on any atom is 0.231 e. The van der Waals surface area contributed by atoms with Gasteiger partial charge in [-0.2, -0.15) is 0 Å². The highest BCUT2D eigenvalue weighted by Crippen LogP contribution is 2.32. The molecule has 0 aliphatic carbocycles. The van der Waals surface area contributed by atoms with Gasteiger partial charge in [-0.25, -0.2) is 0 Å². The summed E-state index contributed by atoms with van der Waals surface area (Å²) in [6, 6.07) is 12.3. The molecule has 0 saturated heterocycles. The number of amides is 1. The molecule has 5 nitrogen and oxygen atoms in total. The molecule has 5 heteroatoms. The predicted molar refractivity (Wildman–Crippen MR) is 81.3 cm³/mol. The molecule has 1 heterocycles. The van der Waals surface area contributed by atoms with Crippen LogP contribution in [0.3, 0.4) is 0 Å². The molecule has 0 unspecified atom stereocenters. The van der Waals surface area contributed by atoms with Crippen LogP contribution in [0.1, 0.15) is 22.8 Å². The Morgan fingerprint density at radius 3 is 2.73 bits per heavy atom. The van der Waals surface area contributed by atoms with Gasteiger partial charge in [0.1, 0.15) is 0 Å². The average molecular weight is 297 g/mol. The lowest BCUT2D eigenvalue weighted by Crippen LogP contribution is -2.14. The lowest BCUT2D eigenvalue weighted by molar-refractivity contribution is -0.115. The van der Waals surface area contributed by atoms with Gasteiger partial charge in [0.25, 0.3) is 0 Å². The van der Waals surface area contributed by atoms with Crippen molar-refractivity contribution in [3.8, 4) is 11.5 Å². The first-order valence-corrected chi connectivity index (χ1v) is 6.91. The van der Waals surface area contributed by atoms with Crippen LogP contribution in [-0.2, 0) is 11.2 Å².